The zero-order chi connectivity index (χ0) is 17.9. The van der Waals surface area contributed by atoms with E-state index in [0.29, 0.717) is 25.6 Å². The molecule has 0 amide bonds. The van der Waals surface area contributed by atoms with Crippen LogP contribution in [0.5, 0.6) is 0 Å². The SMILES string of the molecule is O=C(O)C1COCCN(c2nc(-c3ccccc3)c3ccccc3n2)C1. The van der Waals surface area contributed by atoms with Crippen LogP contribution in [0, 0.1) is 5.92 Å². The molecule has 26 heavy (non-hydrogen) atoms. The Morgan fingerprint density at radius 3 is 2.65 bits per heavy atom. The average Bonchev–Trinajstić information content (AvgIpc) is 2.94. The molecular formula is C20H19N3O3. The van der Waals surface area contributed by atoms with E-state index in [1.54, 1.807) is 0 Å². The van der Waals surface area contributed by atoms with Gasteiger partial charge in [0.15, 0.2) is 0 Å². The summed E-state index contributed by atoms with van der Waals surface area (Å²) in [5.74, 6) is -0.909. The molecule has 2 heterocycles. The quantitative estimate of drug-likeness (QED) is 0.784. The molecule has 1 saturated heterocycles. The molecular weight excluding hydrogens is 330 g/mol. The summed E-state index contributed by atoms with van der Waals surface area (Å²) in [7, 11) is 0. The van der Waals surface area contributed by atoms with Crippen LogP contribution in [0.4, 0.5) is 5.95 Å². The van der Waals surface area contributed by atoms with Crippen molar-refractivity contribution in [1.82, 2.24) is 9.97 Å². The number of rotatable bonds is 3. The van der Waals surface area contributed by atoms with Gasteiger partial charge in [0.2, 0.25) is 5.95 Å². The molecule has 1 atom stereocenters. The van der Waals surface area contributed by atoms with E-state index in [2.05, 4.69) is 4.98 Å². The molecule has 0 spiro atoms. The average molecular weight is 349 g/mol. The molecule has 4 rings (SSSR count). The van der Waals surface area contributed by atoms with Gasteiger partial charge in [0.1, 0.15) is 0 Å². The van der Waals surface area contributed by atoms with Gasteiger partial charge in [-0.3, -0.25) is 4.79 Å². The van der Waals surface area contributed by atoms with Crippen LogP contribution >= 0.6 is 0 Å². The molecule has 1 aliphatic rings. The number of anilines is 1. The van der Waals surface area contributed by atoms with Crippen molar-refractivity contribution in [2.24, 2.45) is 5.92 Å². The molecule has 1 N–H and O–H groups in total. The third-order valence-corrected chi connectivity index (χ3v) is 4.54. The van der Waals surface area contributed by atoms with Crippen molar-refractivity contribution in [1.29, 1.82) is 0 Å². The Morgan fingerprint density at radius 2 is 1.85 bits per heavy atom. The van der Waals surface area contributed by atoms with Crippen molar-refractivity contribution < 1.29 is 14.6 Å². The predicted molar refractivity (Wildman–Crippen MR) is 99.1 cm³/mol. The Hall–Kier alpha value is -2.99. The molecule has 0 radical (unpaired) electrons. The first-order chi connectivity index (χ1) is 12.7. The third-order valence-electron chi connectivity index (χ3n) is 4.54. The monoisotopic (exact) mass is 349 g/mol. The maximum Gasteiger partial charge on any atom is 0.310 e. The molecule has 0 aliphatic carbocycles. The summed E-state index contributed by atoms with van der Waals surface area (Å²) in [6, 6.07) is 17.8. The maximum atomic E-state index is 11.4. The van der Waals surface area contributed by atoms with Gasteiger partial charge in [0.05, 0.1) is 30.3 Å². The van der Waals surface area contributed by atoms with Crippen molar-refractivity contribution in [2.45, 2.75) is 0 Å². The van der Waals surface area contributed by atoms with E-state index >= 15 is 0 Å². The van der Waals surface area contributed by atoms with Crippen LogP contribution in [0.25, 0.3) is 22.2 Å². The van der Waals surface area contributed by atoms with Gasteiger partial charge in [-0.25, -0.2) is 9.97 Å². The van der Waals surface area contributed by atoms with E-state index in [0.717, 1.165) is 22.2 Å². The van der Waals surface area contributed by atoms with Crippen molar-refractivity contribution >= 4 is 22.8 Å². The maximum absolute atomic E-state index is 11.4. The standard InChI is InChI=1S/C20H19N3O3/c24-19(25)15-12-23(10-11-26-13-15)20-21-17-9-5-4-8-16(17)18(22-20)14-6-2-1-3-7-14/h1-9,15H,10-13H2,(H,24,25). The third kappa shape index (κ3) is 3.23. The summed E-state index contributed by atoms with van der Waals surface area (Å²) in [6.07, 6.45) is 0. The van der Waals surface area contributed by atoms with Gasteiger partial charge in [0, 0.05) is 24.0 Å². The van der Waals surface area contributed by atoms with Gasteiger partial charge in [-0.2, -0.15) is 0 Å². The second-order valence-electron chi connectivity index (χ2n) is 6.31. The highest BCUT2D eigenvalue weighted by Gasteiger charge is 2.26. The van der Waals surface area contributed by atoms with Crippen LogP contribution in [0.15, 0.2) is 54.6 Å². The lowest BCUT2D eigenvalue weighted by molar-refractivity contribution is -0.143. The highest BCUT2D eigenvalue weighted by atomic mass is 16.5. The minimum absolute atomic E-state index is 0.213. The minimum Gasteiger partial charge on any atom is -0.481 e. The normalized spacial score (nSPS) is 17.8. The Labute approximate surface area is 151 Å². The first kappa shape index (κ1) is 16.5. The van der Waals surface area contributed by atoms with E-state index in [-0.39, 0.29) is 6.61 Å². The minimum atomic E-state index is -0.860. The van der Waals surface area contributed by atoms with E-state index in [9.17, 15) is 9.90 Å². The van der Waals surface area contributed by atoms with Crippen molar-refractivity contribution in [3.05, 3.63) is 54.6 Å². The van der Waals surface area contributed by atoms with Crippen molar-refractivity contribution in [3.8, 4) is 11.3 Å². The number of aliphatic carboxylic acids is 1. The van der Waals surface area contributed by atoms with Crippen molar-refractivity contribution in [3.63, 3.8) is 0 Å². The van der Waals surface area contributed by atoms with Crippen LogP contribution in [-0.2, 0) is 9.53 Å². The van der Waals surface area contributed by atoms with Gasteiger partial charge in [-0.05, 0) is 6.07 Å². The summed E-state index contributed by atoms with van der Waals surface area (Å²) >= 11 is 0. The summed E-state index contributed by atoms with van der Waals surface area (Å²) in [4.78, 5) is 22.8. The number of para-hydroxylation sites is 1. The summed E-state index contributed by atoms with van der Waals surface area (Å²) in [6.45, 7) is 1.57. The van der Waals surface area contributed by atoms with Gasteiger partial charge in [0.25, 0.3) is 0 Å². The van der Waals surface area contributed by atoms with Crippen LogP contribution in [-0.4, -0.2) is 47.3 Å². The Kier molecular flexibility index (Phi) is 4.50. The second kappa shape index (κ2) is 7.09. The fourth-order valence-electron chi connectivity index (χ4n) is 3.16. The topological polar surface area (TPSA) is 75.6 Å². The molecule has 1 aliphatic heterocycles. The van der Waals surface area contributed by atoms with Crippen LogP contribution in [0.2, 0.25) is 0 Å². The summed E-state index contributed by atoms with van der Waals surface area (Å²) in [5.41, 5.74) is 2.70. The number of aromatic nitrogens is 2. The largest absolute Gasteiger partial charge is 0.481 e. The lowest BCUT2D eigenvalue weighted by atomic mass is 10.1. The van der Waals surface area contributed by atoms with E-state index in [4.69, 9.17) is 9.72 Å². The molecule has 132 valence electrons. The Balaban J connectivity index is 1.82. The summed E-state index contributed by atoms with van der Waals surface area (Å²) in [5, 5.41) is 10.4. The smallest absolute Gasteiger partial charge is 0.310 e. The Morgan fingerprint density at radius 1 is 1.08 bits per heavy atom. The molecule has 0 bridgehead atoms. The fourth-order valence-corrected chi connectivity index (χ4v) is 3.16. The number of carboxylic acids is 1. The van der Waals surface area contributed by atoms with Gasteiger partial charge < -0.3 is 14.7 Å². The number of ether oxygens (including phenoxy) is 1. The lowest BCUT2D eigenvalue weighted by Gasteiger charge is -2.23. The number of nitrogens with zero attached hydrogens (tertiary/aromatic N) is 3. The molecule has 0 saturated carbocycles. The van der Waals surface area contributed by atoms with E-state index in [1.807, 2.05) is 59.5 Å². The van der Waals surface area contributed by atoms with E-state index < -0.39 is 11.9 Å². The van der Waals surface area contributed by atoms with Crippen LogP contribution in [0.3, 0.4) is 0 Å². The number of carboxylic acid groups (broad SMARTS) is 1. The molecule has 6 heteroatoms. The Bertz CT molecular complexity index is 930. The fraction of sp³-hybridized carbons (Fsp3) is 0.250. The molecule has 1 aromatic heterocycles. The van der Waals surface area contributed by atoms with Gasteiger partial charge >= 0.3 is 5.97 Å². The highest BCUT2D eigenvalue weighted by Crippen LogP contribution is 2.28. The highest BCUT2D eigenvalue weighted by molar-refractivity contribution is 5.93. The number of benzene rings is 2. The molecule has 1 fully saturated rings. The zero-order valence-corrected chi connectivity index (χ0v) is 14.2. The number of hydrogen-bond donors (Lipinski definition) is 1. The number of hydrogen-bond acceptors (Lipinski definition) is 5. The first-order valence-electron chi connectivity index (χ1n) is 8.60. The number of fused-ring (bicyclic) bond motifs is 1. The second-order valence-corrected chi connectivity index (χ2v) is 6.31. The van der Waals surface area contributed by atoms with Gasteiger partial charge in [-0.1, -0.05) is 48.5 Å². The first-order valence-corrected chi connectivity index (χ1v) is 8.60. The van der Waals surface area contributed by atoms with E-state index in [1.165, 1.54) is 0 Å². The van der Waals surface area contributed by atoms with Crippen molar-refractivity contribution in [2.75, 3.05) is 31.2 Å². The molecule has 6 nitrogen and oxygen atoms in total. The summed E-state index contributed by atoms with van der Waals surface area (Å²) < 4.78 is 5.44. The molecule has 2 aromatic carbocycles. The number of carbonyl (C=O) groups is 1. The molecule has 3 aromatic rings. The van der Waals surface area contributed by atoms with Crippen LogP contribution in [0.1, 0.15) is 0 Å². The zero-order valence-electron chi connectivity index (χ0n) is 14.2. The molecule has 1 unspecified atom stereocenters. The van der Waals surface area contributed by atoms with Gasteiger partial charge in [-0.15, -0.1) is 0 Å². The van der Waals surface area contributed by atoms with Crippen LogP contribution < -0.4 is 4.90 Å². The predicted octanol–water partition coefficient (Wildman–Crippen LogP) is 2.83. The lowest BCUT2D eigenvalue weighted by Crippen LogP contribution is -2.34.